The zero-order chi connectivity index (χ0) is 68.6. The third kappa shape index (κ3) is 67.0. The Morgan fingerprint density at radius 2 is 0.548 bits per heavy atom. The van der Waals surface area contributed by atoms with Crippen LogP contribution >= 0.6 is 15.6 Å². The minimum atomic E-state index is -4.95. The number of carbonyl (C=O) groups excluding carboxylic acids is 4. The van der Waals surface area contributed by atoms with E-state index < -0.39 is 97.5 Å². The molecule has 552 valence electrons. The number of phosphoric acid groups is 2. The minimum Gasteiger partial charge on any atom is -0.462 e. The van der Waals surface area contributed by atoms with Gasteiger partial charge in [-0.2, -0.15) is 0 Å². The van der Waals surface area contributed by atoms with Crippen LogP contribution in [0.1, 0.15) is 382 Å². The lowest BCUT2D eigenvalue weighted by molar-refractivity contribution is -0.161. The lowest BCUT2D eigenvalue weighted by atomic mass is 9.99. The molecule has 3 unspecified atom stereocenters. The molecule has 93 heavy (non-hydrogen) atoms. The average Bonchev–Trinajstić information content (AvgIpc) is 3.20. The summed E-state index contributed by atoms with van der Waals surface area (Å²) in [6.45, 7) is 9.56. The molecule has 0 heterocycles. The van der Waals surface area contributed by atoms with Crippen molar-refractivity contribution < 1.29 is 80.2 Å². The SMILES string of the molecule is CCCCCCCCCCCCCCCCCCCC(=O)OC[C@H](COP(=O)(O)OC[C@@H](O)COP(=O)(O)OC[C@@H](COC(=O)CCCCCCCCC)OC(=O)CCCCCCCCCCC(C)CC)OC(=O)CCCCCCCCCCCCCCCCC(C)C. The Morgan fingerprint density at radius 1 is 0.312 bits per heavy atom. The van der Waals surface area contributed by atoms with E-state index in [-0.39, 0.29) is 25.7 Å². The molecule has 3 N–H and O–H groups in total. The van der Waals surface area contributed by atoms with Crippen LogP contribution in [0.3, 0.4) is 0 Å². The largest absolute Gasteiger partial charge is 0.472 e. The maximum absolute atomic E-state index is 13.1. The molecule has 0 radical (unpaired) electrons. The van der Waals surface area contributed by atoms with Crippen LogP contribution in [0.4, 0.5) is 0 Å². The first kappa shape index (κ1) is 91.1. The van der Waals surface area contributed by atoms with Crippen LogP contribution in [0.15, 0.2) is 0 Å². The minimum absolute atomic E-state index is 0.105. The number of esters is 4. The van der Waals surface area contributed by atoms with Crippen molar-refractivity contribution >= 4 is 39.5 Å². The van der Waals surface area contributed by atoms with Crippen molar-refractivity contribution in [3.63, 3.8) is 0 Å². The highest BCUT2D eigenvalue weighted by atomic mass is 31.2. The Kier molecular flexibility index (Phi) is 64.6. The van der Waals surface area contributed by atoms with Crippen molar-refractivity contribution in [3.8, 4) is 0 Å². The maximum Gasteiger partial charge on any atom is 0.472 e. The van der Waals surface area contributed by atoms with Gasteiger partial charge in [0.25, 0.3) is 0 Å². The standard InChI is InChI=1S/C74H144O17P2/c1-7-10-12-14-16-17-18-19-20-21-22-26-29-32-39-45-51-57-72(77)85-63-70(90-73(78)58-52-46-40-33-30-27-24-23-25-28-31-37-42-48-54-66(4)5)65-89-93(82,83)87-61-68(75)60-86-92(80,81)88-64-69(62-84-71(76)56-50-44-36-15-13-11-8-2)91-74(79)59-53-47-41-35-34-38-43-49-55-67(6)9-3/h66-70,75H,7-65H2,1-6H3,(H,80,81)(H,82,83)/t67?,68-,69+,70+/m0/s1. The summed E-state index contributed by atoms with van der Waals surface area (Å²) in [7, 11) is -9.90. The summed E-state index contributed by atoms with van der Waals surface area (Å²) in [6.07, 6.45) is 52.8. The Morgan fingerprint density at radius 3 is 0.817 bits per heavy atom. The molecule has 0 spiro atoms. The van der Waals surface area contributed by atoms with Gasteiger partial charge in [0.2, 0.25) is 0 Å². The summed E-state index contributed by atoms with van der Waals surface area (Å²) < 4.78 is 68.3. The van der Waals surface area contributed by atoms with E-state index in [2.05, 4.69) is 41.5 Å². The van der Waals surface area contributed by atoms with E-state index in [1.54, 1.807) is 0 Å². The van der Waals surface area contributed by atoms with Crippen molar-refractivity contribution in [3.05, 3.63) is 0 Å². The van der Waals surface area contributed by atoms with E-state index in [0.717, 1.165) is 115 Å². The lowest BCUT2D eigenvalue weighted by Crippen LogP contribution is -2.30. The van der Waals surface area contributed by atoms with Crippen LogP contribution in [0, 0.1) is 11.8 Å². The van der Waals surface area contributed by atoms with Gasteiger partial charge in [-0.25, -0.2) is 9.13 Å². The second kappa shape index (κ2) is 66.0. The van der Waals surface area contributed by atoms with Gasteiger partial charge in [0, 0.05) is 25.7 Å². The third-order valence-corrected chi connectivity index (χ3v) is 19.5. The smallest absolute Gasteiger partial charge is 0.462 e. The van der Waals surface area contributed by atoms with Crippen LogP contribution < -0.4 is 0 Å². The molecular formula is C74H144O17P2. The topological polar surface area (TPSA) is 237 Å². The number of aliphatic hydroxyl groups is 1. The van der Waals surface area contributed by atoms with Gasteiger partial charge in [0.1, 0.15) is 19.3 Å². The molecule has 0 rings (SSSR count). The number of carbonyl (C=O) groups is 4. The Bertz CT molecular complexity index is 1810. The van der Waals surface area contributed by atoms with Crippen LogP contribution in [0.5, 0.6) is 0 Å². The second-order valence-corrected chi connectivity index (χ2v) is 30.3. The number of unbranched alkanes of at least 4 members (excludes halogenated alkanes) is 42. The fourth-order valence-electron chi connectivity index (χ4n) is 11.3. The van der Waals surface area contributed by atoms with Gasteiger partial charge in [-0.3, -0.25) is 37.3 Å². The molecule has 0 aromatic rings. The van der Waals surface area contributed by atoms with Crippen LogP contribution in [0.2, 0.25) is 0 Å². The van der Waals surface area contributed by atoms with Crippen molar-refractivity contribution in [1.29, 1.82) is 0 Å². The van der Waals surface area contributed by atoms with Gasteiger partial charge in [-0.05, 0) is 37.5 Å². The Labute approximate surface area is 568 Å². The van der Waals surface area contributed by atoms with E-state index in [0.29, 0.717) is 25.7 Å². The molecule has 0 saturated carbocycles. The first-order valence-corrected chi connectivity index (χ1v) is 41.5. The highest BCUT2D eigenvalue weighted by Gasteiger charge is 2.30. The second-order valence-electron chi connectivity index (χ2n) is 27.4. The molecular weight excluding hydrogens is 1220 g/mol. The highest BCUT2D eigenvalue weighted by molar-refractivity contribution is 7.47. The molecule has 0 aliphatic carbocycles. The fraction of sp³-hybridized carbons (Fsp3) is 0.946. The lowest BCUT2D eigenvalue weighted by Gasteiger charge is -2.21. The van der Waals surface area contributed by atoms with Crippen molar-refractivity contribution in [1.82, 2.24) is 0 Å². The number of phosphoric ester groups is 2. The quantitative estimate of drug-likeness (QED) is 0.0222. The number of rotatable bonds is 73. The van der Waals surface area contributed by atoms with E-state index >= 15 is 0 Å². The summed E-state index contributed by atoms with van der Waals surface area (Å²) in [4.78, 5) is 72.6. The number of hydrogen-bond donors (Lipinski definition) is 3. The van der Waals surface area contributed by atoms with E-state index in [1.165, 1.54) is 186 Å². The maximum atomic E-state index is 13.1. The monoisotopic (exact) mass is 1370 g/mol. The zero-order valence-corrected chi connectivity index (χ0v) is 62.3. The summed E-state index contributed by atoms with van der Waals surface area (Å²) in [5.41, 5.74) is 0. The van der Waals surface area contributed by atoms with E-state index in [1.807, 2.05) is 0 Å². The van der Waals surface area contributed by atoms with Gasteiger partial charge < -0.3 is 33.8 Å². The first-order valence-electron chi connectivity index (χ1n) is 38.5. The zero-order valence-electron chi connectivity index (χ0n) is 60.6. The third-order valence-electron chi connectivity index (χ3n) is 17.6. The van der Waals surface area contributed by atoms with Crippen molar-refractivity contribution in [2.24, 2.45) is 11.8 Å². The van der Waals surface area contributed by atoms with Gasteiger partial charge in [0.05, 0.1) is 26.4 Å². The first-order chi connectivity index (χ1) is 44.9. The summed E-state index contributed by atoms with van der Waals surface area (Å²) in [5, 5.41) is 10.6. The molecule has 0 aliphatic rings. The highest BCUT2D eigenvalue weighted by Crippen LogP contribution is 2.45. The average molecular weight is 1370 g/mol. The van der Waals surface area contributed by atoms with Crippen molar-refractivity contribution in [2.75, 3.05) is 39.6 Å². The number of aliphatic hydroxyl groups excluding tert-OH is 1. The molecule has 6 atom stereocenters. The molecule has 0 fully saturated rings. The normalized spacial score (nSPS) is 14.3. The summed E-state index contributed by atoms with van der Waals surface area (Å²) in [6, 6.07) is 0. The van der Waals surface area contributed by atoms with Crippen molar-refractivity contribution in [2.45, 2.75) is 400 Å². The molecule has 0 aliphatic heterocycles. The molecule has 19 heteroatoms. The number of hydrogen-bond acceptors (Lipinski definition) is 15. The molecule has 0 bridgehead atoms. The summed E-state index contributed by atoms with van der Waals surface area (Å²) in [5.74, 6) is -0.559. The van der Waals surface area contributed by atoms with Crippen LogP contribution in [-0.2, 0) is 65.4 Å². The molecule has 0 aromatic heterocycles. The van der Waals surface area contributed by atoms with Gasteiger partial charge in [-0.15, -0.1) is 0 Å². The molecule has 0 aromatic carbocycles. The van der Waals surface area contributed by atoms with Gasteiger partial charge in [0.15, 0.2) is 12.2 Å². The summed E-state index contributed by atoms with van der Waals surface area (Å²) >= 11 is 0. The predicted molar refractivity (Wildman–Crippen MR) is 377 cm³/mol. The van der Waals surface area contributed by atoms with E-state index in [9.17, 15) is 43.2 Å². The van der Waals surface area contributed by atoms with E-state index in [4.69, 9.17) is 37.0 Å². The molecule has 17 nitrogen and oxygen atoms in total. The van der Waals surface area contributed by atoms with Gasteiger partial charge >= 0.3 is 39.5 Å². The fourth-order valence-corrected chi connectivity index (χ4v) is 12.8. The predicted octanol–water partition coefficient (Wildman–Crippen LogP) is 21.6. The Balaban J connectivity index is 5.20. The molecule has 0 amide bonds. The van der Waals surface area contributed by atoms with Gasteiger partial charge in [-0.1, -0.05) is 330 Å². The van der Waals surface area contributed by atoms with Crippen LogP contribution in [-0.4, -0.2) is 96.7 Å². The van der Waals surface area contributed by atoms with Crippen LogP contribution in [0.25, 0.3) is 0 Å². The number of ether oxygens (including phenoxy) is 4. The Hall–Kier alpha value is -1.94. The molecule has 0 saturated heterocycles.